The highest BCUT2D eigenvalue weighted by molar-refractivity contribution is 6.06. The zero-order chi connectivity index (χ0) is 16.7. The van der Waals surface area contributed by atoms with Gasteiger partial charge in [-0.25, -0.2) is 0 Å². The highest BCUT2D eigenvalue weighted by atomic mass is 16.2. The third-order valence-electron chi connectivity index (χ3n) is 4.79. The van der Waals surface area contributed by atoms with Gasteiger partial charge >= 0.3 is 0 Å². The van der Waals surface area contributed by atoms with E-state index >= 15 is 0 Å². The van der Waals surface area contributed by atoms with Gasteiger partial charge in [0.1, 0.15) is 0 Å². The van der Waals surface area contributed by atoms with Gasteiger partial charge in [-0.3, -0.25) is 9.78 Å². The van der Waals surface area contributed by atoms with Gasteiger partial charge in [0.2, 0.25) is 0 Å². The highest BCUT2D eigenvalue weighted by Crippen LogP contribution is 2.35. The smallest absolute Gasteiger partial charge is 0.255 e. The van der Waals surface area contributed by atoms with Crippen LogP contribution in [0.25, 0.3) is 10.9 Å². The van der Waals surface area contributed by atoms with E-state index in [1.165, 1.54) is 5.56 Å². The Morgan fingerprint density at radius 2 is 1.88 bits per heavy atom. The van der Waals surface area contributed by atoms with E-state index < -0.39 is 0 Å². The SMILES string of the molecule is Cc1ccc2nc(C)cc(C(=O)N3CC[C@@H]3c3ccccc3)c2c1. The summed E-state index contributed by atoms with van der Waals surface area (Å²) in [6.07, 6.45) is 1.02. The predicted molar refractivity (Wildman–Crippen MR) is 96.1 cm³/mol. The number of aryl methyl sites for hydroxylation is 2. The van der Waals surface area contributed by atoms with Gasteiger partial charge in [0.15, 0.2) is 0 Å². The molecule has 0 unspecified atom stereocenters. The number of hydrogen-bond donors (Lipinski definition) is 0. The summed E-state index contributed by atoms with van der Waals surface area (Å²) in [5, 5.41) is 0.948. The summed E-state index contributed by atoms with van der Waals surface area (Å²) in [5.41, 5.74) is 4.89. The van der Waals surface area contributed by atoms with Crippen LogP contribution in [-0.2, 0) is 0 Å². The quantitative estimate of drug-likeness (QED) is 0.700. The second-order valence-corrected chi connectivity index (χ2v) is 6.55. The van der Waals surface area contributed by atoms with E-state index in [4.69, 9.17) is 0 Å². The molecule has 1 saturated heterocycles. The standard InChI is InChI=1S/C21H20N2O/c1-14-8-9-19-17(12-14)18(13-15(2)22-19)21(24)23-11-10-20(23)16-6-4-3-5-7-16/h3-9,12-13,20H,10-11H2,1-2H3/t20-/m1/s1. The Bertz CT molecular complexity index is 918. The summed E-state index contributed by atoms with van der Waals surface area (Å²) in [5.74, 6) is 0.108. The number of likely N-dealkylation sites (tertiary alicyclic amines) is 1. The van der Waals surface area contributed by atoms with Crippen LogP contribution in [0.15, 0.2) is 54.6 Å². The van der Waals surface area contributed by atoms with E-state index in [1.54, 1.807) is 0 Å². The molecule has 1 amide bonds. The maximum Gasteiger partial charge on any atom is 0.255 e. The molecular formula is C21H20N2O. The fraction of sp³-hybridized carbons (Fsp3) is 0.238. The van der Waals surface area contributed by atoms with E-state index in [1.807, 2.05) is 55.1 Å². The number of carbonyl (C=O) groups excluding carboxylic acids is 1. The average Bonchev–Trinajstić information content (AvgIpc) is 2.54. The summed E-state index contributed by atoms with van der Waals surface area (Å²) in [6, 6.07) is 18.5. The van der Waals surface area contributed by atoms with Crippen LogP contribution in [0.4, 0.5) is 0 Å². The molecule has 1 aliphatic heterocycles. The number of pyridine rings is 1. The molecule has 0 radical (unpaired) electrons. The summed E-state index contributed by atoms with van der Waals surface area (Å²) < 4.78 is 0. The largest absolute Gasteiger partial charge is 0.331 e. The molecule has 0 aliphatic carbocycles. The zero-order valence-electron chi connectivity index (χ0n) is 14.0. The number of benzene rings is 2. The van der Waals surface area contributed by atoms with Gasteiger partial charge in [0, 0.05) is 17.6 Å². The van der Waals surface area contributed by atoms with Crippen LogP contribution in [-0.4, -0.2) is 22.3 Å². The topological polar surface area (TPSA) is 33.2 Å². The second kappa shape index (κ2) is 5.75. The minimum absolute atomic E-state index is 0.108. The second-order valence-electron chi connectivity index (χ2n) is 6.55. The molecule has 0 spiro atoms. The Morgan fingerprint density at radius 3 is 2.58 bits per heavy atom. The van der Waals surface area contributed by atoms with Crippen molar-refractivity contribution in [3.63, 3.8) is 0 Å². The summed E-state index contributed by atoms with van der Waals surface area (Å²) in [6.45, 7) is 4.80. The first kappa shape index (κ1) is 14.9. The van der Waals surface area contributed by atoms with Crippen LogP contribution in [0.2, 0.25) is 0 Å². The number of amides is 1. The average molecular weight is 316 g/mol. The third-order valence-corrected chi connectivity index (χ3v) is 4.79. The molecule has 1 aromatic heterocycles. The number of carbonyl (C=O) groups is 1. The van der Waals surface area contributed by atoms with Crippen LogP contribution >= 0.6 is 0 Å². The lowest BCUT2D eigenvalue weighted by Crippen LogP contribution is -2.45. The van der Waals surface area contributed by atoms with Gasteiger partial charge in [-0.15, -0.1) is 0 Å². The van der Waals surface area contributed by atoms with Crippen molar-refractivity contribution in [2.24, 2.45) is 0 Å². The van der Waals surface area contributed by atoms with Gasteiger partial charge < -0.3 is 4.90 Å². The first-order chi connectivity index (χ1) is 11.6. The van der Waals surface area contributed by atoms with Gasteiger partial charge in [-0.2, -0.15) is 0 Å². The fourth-order valence-corrected chi connectivity index (χ4v) is 3.46. The lowest BCUT2D eigenvalue weighted by molar-refractivity contribution is 0.0462. The maximum absolute atomic E-state index is 13.2. The van der Waals surface area contributed by atoms with Crippen molar-refractivity contribution >= 4 is 16.8 Å². The molecule has 4 rings (SSSR count). The molecule has 2 heterocycles. The molecule has 24 heavy (non-hydrogen) atoms. The van der Waals surface area contributed by atoms with Crippen LogP contribution < -0.4 is 0 Å². The van der Waals surface area contributed by atoms with Gasteiger partial charge in [0.25, 0.3) is 5.91 Å². The van der Waals surface area contributed by atoms with Crippen molar-refractivity contribution in [1.82, 2.24) is 9.88 Å². The predicted octanol–water partition coefficient (Wildman–Crippen LogP) is 4.44. The molecule has 3 nitrogen and oxygen atoms in total. The first-order valence-corrected chi connectivity index (χ1v) is 8.37. The number of fused-ring (bicyclic) bond motifs is 1. The molecule has 1 aliphatic rings. The Kier molecular flexibility index (Phi) is 3.57. The first-order valence-electron chi connectivity index (χ1n) is 8.37. The summed E-state index contributed by atoms with van der Waals surface area (Å²) in [4.78, 5) is 19.7. The lowest BCUT2D eigenvalue weighted by atomic mass is 9.93. The Balaban J connectivity index is 1.75. The van der Waals surface area contributed by atoms with E-state index in [0.717, 1.165) is 40.7 Å². The Hall–Kier alpha value is -2.68. The van der Waals surface area contributed by atoms with Crippen LogP contribution in [0.3, 0.4) is 0 Å². The Morgan fingerprint density at radius 1 is 1.08 bits per heavy atom. The van der Waals surface area contributed by atoms with Crippen LogP contribution in [0.1, 0.15) is 39.6 Å². The molecule has 2 aromatic carbocycles. The normalized spacial score (nSPS) is 16.9. The van der Waals surface area contributed by atoms with Crippen molar-refractivity contribution in [2.75, 3.05) is 6.54 Å². The molecule has 1 fully saturated rings. The highest BCUT2D eigenvalue weighted by Gasteiger charge is 2.34. The summed E-state index contributed by atoms with van der Waals surface area (Å²) >= 11 is 0. The monoisotopic (exact) mass is 316 g/mol. The van der Waals surface area contributed by atoms with Crippen molar-refractivity contribution in [3.8, 4) is 0 Å². The van der Waals surface area contributed by atoms with Crippen molar-refractivity contribution in [3.05, 3.63) is 77.0 Å². The minimum atomic E-state index is 0.108. The molecule has 1 atom stereocenters. The molecular weight excluding hydrogens is 296 g/mol. The molecule has 0 saturated carbocycles. The number of rotatable bonds is 2. The molecule has 3 heteroatoms. The van der Waals surface area contributed by atoms with Gasteiger partial charge in [-0.05, 0) is 44.0 Å². The van der Waals surface area contributed by atoms with Crippen molar-refractivity contribution in [1.29, 1.82) is 0 Å². The molecule has 3 aromatic rings. The molecule has 0 N–H and O–H groups in total. The minimum Gasteiger partial charge on any atom is -0.331 e. The molecule has 0 bridgehead atoms. The fourth-order valence-electron chi connectivity index (χ4n) is 3.46. The summed E-state index contributed by atoms with van der Waals surface area (Å²) in [7, 11) is 0. The van der Waals surface area contributed by atoms with Crippen LogP contribution in [0, 0.1) is 13.8 Å². The zero-order valence-corrected chi connectivity index (χ0v) is 14.0. The number of hydrogen-bond acceptors (Lipinski definition) is 2. The lowest BCUT2D eigenvalue weighted by Gasteiger charge is -2.41. The van der Waals surface area contributed by atoms with E-state index in [-0.39, 0.29) is 11.9 Å². The Labute approximate surface area is 141 Å². The maximum atomic E-state index is 13.2. The van der Waals surface area contributed by atoms with Crippen molar-refractivity contribution < 1.29 is 4.79 Å². The number of aromatic nitrogens is 1. The van der Waals surface area contributed by atoms with E-state index in [0.29, 0.717) is 0 Å². The van der Waals surface area contributed by atoms with Gasteiger partial charge in [0.05, 0.1) is 17.1 Å². The van der Waals surface area contributed by atoms with Crippen LogP contribution in [0.5, 0.6) is 0 Å². The molecule has 120 valence electrons. The number of nitrogens with zero attached hydrogens (tertiary/aromatic N) is 2. The van der Waals surface area contributed by atoms with E-state index in [9.17, 15) is 4.79 Å². The van der Waals surface area contributed by atoms with Gasteiger partial charge in [-0.1, -0.05) is 42.0 Å². The third kappa shape index (κ3) is 2.46. The van der Waals surface area contributed by atoms with E-state index in [2.05, 4.69) is 23.2 Å². The van der Waals surface area contributed by atoms with Crippen molar-refractivity contribution in [2.45, 2.75) is 26.3 Å².